The third-order valence-corrected chi connectivity index (χ3v) is 5.51. The maximum atomic E-state index is 11.0. The van der Waals surface area contributed by atoms with Crippen LogP contribution in [0.1, 0.15) is 19.5 Å². The average molecular weight is 446 g/mol. The van der Waals surface area contributed by atoms with Crippen molar-refractivity contribution in [2.45, 2.75) is 25.6 Å². The molecule has 30 heavy (non-hydrogen) atoms. The van der Waals surface area contributed by atoms with Crippen LogP contribution in [0.25, 0.3) is 10.6 Å². The lowest BCUT2D eigenvalue weighted by Crippen LogP contribution is -2.51. The zero-order valence-corrected chi connectivity index (χ0v) is 17.9. The van der Waals surface area contributed by atoms with Gasteiger partial charge in [0, 0.05) is 43.3 Å². The molecule has 2 N–H and O–H groups in total. The Balaban J connectivity index is 0.000000343. The van der Waals surface area contributed by atoms with Crippen molar-refractivity contribution in [2.75, 3.05) is 39.8 Å². The van der Waals surface area contributed by atoms with Crippen LogP contribution in [0.3, 0.4) is 0 Å². The molecule has 1 aliphatic heterocycles. The van der Waals surface area contributed by atoms with Gasteiger partial charge in [0.15, 0.2) is 0 Å². The van der Waals surface area contributed by atoms with Gasteiger partial charge in [0.05, 0.1) is 24.5 Å². The van der Waals surface area contributed by atoms with E-state index >= 15 is 0 Å². The number of carbonyl (C=O) groups excluding carboxylic acids is 1. The molecule has 3 rings (SSSR count). The molecule has 11 heteroatoms. The SMILES string of the molecule is COc1cncc(-c2nc(C(C)(C)N3CCNCC3)cs2)c1.O=CNCC(F)(F)F. The van der Waals surface area contributed by atoms with E-state index in [1.807, 2.05) is 12.3 Å². The molecule has 0 spiro atoms. The molecule has 1 aliphatic rings. The normalized spacial score (nSPS) is 15.1. The van der Waals surface area contributed by atoms with Gasteiger partial charge in [-0.3, -0.25) is 14.7 Å². The van der Waals surface area contributed by atoms with E-state index in [1.54, 1.807) is 24.6 Å². The summed E-state index contributed by atoms with van der Waals surface area (Å²) in [6.07, 6.45) is -0.736. The number of nitrogens with zero attached hydrogens (tertiary/aromatic N) is 3. The summed E-state index contributed by atoms with van der Waals surface area (Å²) in [4.78, 5) is 20.8. The molecule has 166 valence electrons. The first-order valence-corrected chi connectivity index (χ1v) is 10.2. The van der Waals surface area contributed by atoms with Gasteiger partial charge in [-0.25, -0.2) is 4.98 Å². The van der Waals surface area contributed by atoms with Crippen LogP contribution in [-0.2, 0) is 10.3 Å². The largest absolute Gasteiger partial charge is 0.495 e. The Hall–Kier alpha value is -2.24. The summed E-state index contributed by atoms with van der Waals surface area (Å²) in [6.45, 7) is 7.44. The van der Waals surface area contributed by atoms with Crippen molar-refractivity contribution < 1.29 is 22.7 Å². The number of hydrogen-bond donors (Lipinski definition) is 2. The van der Waals surface area contributed by atoms with Gasteiger partial charge >= 0.3 is 6.18 Å². The summed E-state index contributed by atoms with van der Waals surface area (Å²) in [6, 6.07) is 1.98. The molecule has 0 radical (unpaired) electrons. The van der Waals surface area contributed by atoms with E-state index in [9.17, 15) is 18.0 Å². The van der Waals surface area contributed by atoms with Gasteiger partial charge in [0.25, 0.3) is 0 Å². The van der Waals surface area contributed by atoms with E-state index in [4.69, 9.17) is 9.72 Å². The molecule has 1 saturated heterocycles. The van der Waals surface area contributed by atoms with Crippen LogP contribution in [0.2, 0.25) is 0 Å². The molecule has 0 aliphatic carbocycles. The third kappa shape index (κ3) is 6.92. The summed E-state index contributed by atoms with van der Waals surface area (Å²) >= 11 is 1.66. The van der Waals surface area contributed by atoms with Crippen molar-refractivity contribution in [3.8, 4) is 16.3 Å². The summed E-state index contributed by atoms with van der Waals surface area (Å²) in [7, 11) is 1.65. The molecule has 7 nitrogen and oxygen atoms in total. The number of aromatic nitrogens is 2. The minimum atomic E-state index is -4.29. The Morgan fingerprint density at radius 1 is 1.30 bits per heavy atom. The zero-order chi connectivity index (χ0) is 22.2. The molecule has 0 aromatic carbocycles. The van der Waals surface area contributed by atoms with Crippen LogP contribution in [-0.4, -0.2) is 67.3 Å². The second kappa shape index (κ2) is 10.7. The lowest BCUT2D eigenvalue weighted by molar-refractivity contribution is -0.132. The van der Waals surface area contributed by atoms with E-state index in [0.29, 0.717) is 0 Å². The first-order chi connectivity index (χ1) is 14.2. The number of methoxy groups -OCH3 is 1. The lowest BCUT2D eigenvalue weighted by Gasteiger charge is -2.40. The predicted molar refractivity (Wildman–Crippen MR) is 109 cm³/mol. The number of nitrogens with one attached hydrogen (secondary N) is 2. The fraction of sp³-hybridized carbons (Fsp3) is 0.526. The quantitative estimate of drug-likeness (QED) is 0.666. The summed E-state index contributed by atoms with van der Waals surface area (Å²) in [5.41, 5.74) is 2.08. The van der Waals surface area contributed by atoms with Crippen LogP contribution >= 0.6 is 11.3 Å². The molecule has 2 aromatic heterocycles. The van der Waals surface area contributed by atoms with Gasteiger partial charge in [-0.15, -0.1) is 11.3 Å². The number of thiazole rings is 1. The highest BCUT2D eigenvalue weighted by Gasteiger charge is 2.32. The fourth-order valence-corrected chi connectivity index (χ4v) is 3.84. The molecule has 2 aromatic rings. The monoisotopic (exact) mass is 445 g/mol. The number of pyridine rings is 1. The number of ether oxygens (including phenoxy) is 1. The number of rotatable bonds is 6. The molecule has 1 fully saturated rings. The second-order valence-electron chi connectivity index (χ2n) is 7.06. The van der Waals surface area contributed by atoms with Crippen molar-refractivity contribution in [1.29, 1.82) is 0 Å². The van der Waals surface area contributed by atoms with Crippen molar-refractivity contribution >= 4 is 17.7 Å². The second-order valence-corrected chi connectivity index (χ2v) is 7.92. The van der Waals surface area contributed by atoms with E-state index in [2.05, 4.69) is 34.4 Å². The Bertz CT molecular complexity index is 807. The number of hydrogen-bond acceptors (Lipinski definition) is 7. The van der Waals surface area contributed by atoms with Crippen LogP contribution in [0.5, 0.6) is 5.75 Å². The Morgan fingerprint density at radius 3 is 2.57 bits per heavy atom. The summed E-state index contributed by atoms with van der Waals surface area (Å²) < 4.78 is 38.3. The van der Waals surface area contributed by atoms with E-state index in [0.717, 1.165) is 48.2 Å². The number of amides is 1. The lowest BCUT2D eigenvalue weighted by atomic mass is 9.98. The van der Waals surface area contributed by atoms with Gasteiger partial charge < -0.3 is 15.4 Å². The highest BCUT2D eigenvalue weighted by atomic mass is 32.1. The molecule has 3 heterocycles. The van der Waals surface area contributed by atoms with Crippen molar-refractivity contribution in [3.05, 3.63) is 29.5 Å². The van der Waals surface area contributed by atoms with Crippen LogP contribution in [0.15, 0.2) is 23.8 Å². The van der Waals surface area contributed by atoms with E-state index in [-0.39, 0.29) is 11.9 Å². The number of alkyl halides is 3. The third-order valence-electron chi connectivity index (χ3n) is 4.62. The Morgan fingerprint density at radius 2 is 2.00 bits per heavy atom. The topological polar surface area (TPSA) is 79.4 Å². The van der Waals surface area contributed by atoms with E-state index in [1.165, 1.54) is 5.32 Å². The average Bonchev–Trinajstić information content (AvgIpc) is 3.24. The smallest absolute Gasteiger partial charge is 0.405 e. The molecule has 0 unspecified atom stereocenters. The highest BCUT2D eigenvalue weighted by Crippen LogP contribution is 2.33. The molecular formula is C19H26F3N5O2S. The van der Waals surface area contributed by atoms with Gasteiger partial charge in [0.1, 0.15) is 17.3 Å². The fourth-order valence-electron chi connectivity index (χ4n) is 2.88. The van der Waals surface area contributed by atoms with Crippen molar-refractivity contribution in [3.63, 3.8) is 0 Å². The minimum Gasteiger partial charge on any atom is -0.495 e. The Kier molecular flexibility index (Phi) is 8.56. The maximum Gasteiger partial charge on any atom is 0.405 e. The molecule has 0 bridgehead atoms. The minimum absolute atomic E-state index is 0.00743. The zero-order valence-electron chi connectivity index (χ0n) is 17.1. The molecule has 1 amide bonds. The van der Waals surface area contributed by atoms with Gasteiger partial charge in [-0.2, -0.15) is 13.2 Å². The first kappa shape index (κ1) is 24.0. The molecule has 0 atom stereocenters. The van der Waals surface area contributed by atoms with Gasteiger partial charge in [0.2, 0.25) is 6.41 Å². The van der Waals surface area contributed by atoms with Crippen molar-refractivity contribution in [1.82, 2.24) is 25.5 Å². The summed E-state index contributed by atoms with van der Waals surface area (Å²) in [5.74, 6) is 0.760. The number of piperazine rings is 1. The first-order valence-electron chi connectivity index (χ1n) is 9.32. The highest BCUT2D eigenvalue weighted by molar-refractivity contribution is 7.13. The summed E-state index contributed by atoms with van der Waals surface area (Å²) in [5, 5.41) is 8.04. The van der Waals surface area contributed by atoms with Crippen LogP contribution < -0.4 is 15.4 Å². The predicted octanol–water partition coefficient (Wildman–Crippen LogP) is 2.65. The molecule has 0 saturated carbocycles. The van der Waals surface area contributed by atoms with E-state index < -0.39 is 12.7 Å². The van der Waals surface area contributed by atoms with Crippen LogP contribution in [0.4, 0.5) is 13.2 Å². The number of halogens is 3. The Labute approximate surface area is 177 Å². The number of carbonyl (C=O) groups is 1. The standard InChI is InChI=1S/C16H22N4OS.C3H4F3NO/c1-16(2,20-6-4-17-5-7-20)14-11-22-15(19-14)12-8-13(21-3)10-18-9-12;4-3(5,6)1-7-2-8/h8-11,17H,4-7H2,1-3H3;2H,1H2,(H,7,8). The van der Waals surface area contributed by atoms with Gasteiger partial charge in [-0.05, 0) is 19.9 Å². The van der Waals surface area contributed by atoms with Crippen LogP contribution in [0, 0.1) is 0 Å². The van der Waals surface area contributed by atoms with Crippen molar-refractivity contribution in [2.24, 2.45) is 0 Å². The molecular weight excluding hydrogens is 419 g/mol. The maximum absolute atomic E-state index is 11.0. The van der Waals surface area contributed by atoms with Gasteiger partial charge in [-0.1, -0.05) is 0 Å².